The maximum atomic E-state index is 12.7. The fourth-order valence-electron chi connectivity index (χ4n) is 3.74. The third-order valence-electron chi connectivity index (χ3n) is 5.53. The molecular weight excluding hydrogens is 378 g/mol. The first-order chi connectivity index (χ1) is 13.7. The topological polar surface area (TPSA) is 77.7 Å². The van der Waals surface area contributed by atoms with E-state index in [4.69, 9.17) is 14.0 Å². The van der Waals surface area contributed by atoms with E-state index < -0.39 is 0 Å². The average molecular weight is 406 g/mol. The fraction of sp³-hybridized carbons (Fsp3) is 0.650. The van der Waals surface area contributed by atoms with E-state index in [9.17, 15) is 4.79 Å². The Labute approximate surface area is 169 Å². The summed E-state index contributed by atoms with van der Waals surface area (Å²) in [5, 5.41) is 6.05. The first-order valence-electron chi connectivity index (χ1n) is 10.0. The molecule has 1 amide bonds. The zero-order valence-corrected chi connectivity index (χ0v) is 17.1. The van der Waals surface area contributed by atoms with E-state index in [2.05, 4.69) is 10.1 Å². The highest BCUT2D eigenvalue weighted by Gasteiger charge is 2.32. The number of aryl methyl sites for hydroxylation is 1. The molecule has 0 N–H and O–H groups in total. The number of ether oxygens (including phenoxy) is 2. The summed E-state index contributed by atoms with van der Waals surface area (Å²) < 4.78 is 16.6. The number of carbonyl (C=O) groups excluding carboxylic acids is 1. The molecular formula is C20H27N3O4S. The van der Waals surface area contributed by atoms with Crippen LogP contribution in [0.25, 0.3) is 0 Å². The Balaban J connectivity index is 1.23. The zero-order chi connectivity index (χ0) is 19.3. The number of carbonyl (C=O) groups is 1. The summed E-state index contributed by atoms with van der Waals surface area (Å²) in [7, 11) is 0. The summed E-state index contributed by atoms with van der Waals surface area (Å²) in [5.74, 6) is 2.15. The van der Waals surface area contributed by atoms with Crippen molar-refractivity contribution in [3.05, 3.63) is 33.6 Å². The fourth-order valence-corrected chi connectivity index (χ4v) is 4.64. The van der Waals surface area contributed by atoms with Crippen LogP contribution >= 0.6 is 11.3 Å². The van der Waals surface area contributed by atoms with Crippen LogP contribution in [0.4, 0.5) is 0 Å². The minimum atomic E-state index is 0.108. The van der Waals surface area contributed by atoms with Gasteiger partial charge < -0.3 is 18.9 Å². The predicted octanol–water partition coefficient (Wildman–Crippen LogP) is 3.05. The van der Waals surface area contributed by atoms with Gasteiger partial charge in [-0.3, -0.25) is 4.79 Å². The van der Waals surface area contributed by atoms with E-state index in [-0.39, 0.29) is 11.8 Å². The van der Waals surface area contributed by atoms with Crippen LogP contribution in [0.1, 0.15) is 52.1 Å². The highest BCUT2D eigenvalue weighted by atomic mass is 32.1. The summed E-state index contributed by atoms with van der Waals surface area (Å²) in [5.41, 5.74) is 1.04. The zero-order valence-electron chi connectivity index (χ0n) is 16.3. The van der Waals surface area contributed by atoms with E-state index in [0.29, 0.717) is 37.2 Å². The van der Waals surface area contributed by atoms with Gasteiger partial charge in [0.25, 0.3) is 5.91 Å². The Kier molecular flexibility index (Phi) is 6.39. The van der Waals surface area contributed by atoms with Crippen LogP contribution in [-0.2, 0) is 15.9 Å². The van der Waals surface area contributed by atoms with Gasteiger partial charge in [-0.05, 0) is 49.1 Å². The summed E-state index contributed by atoms with van der Waals surface area (Å²) in [4.78, 5) is 19.9. The van der Waals surface area contributed by atoms with Gasteiger partial charge in [-0.1, -0.05) is 5.16 Å². The monoisotopic (exact) mass is 405 g/mol. The lowest BCUT2D eigenvalue weighted by molar-refractivity contribution is 0.0211. The van der Waals surface area contributed by atoms with E-state index in [0.717, 1.165) is 56.1 Å². The van der Waals surface area contributed by atoms with Gasteiger partial charge in [0, 0.05) is 39.3 Å². The molecule has 8 heteroatoms. The molecule has 0 spiro atoms. The summed E-state index contributed by atoms with van der Waals surface area (Å²) in [6, 6.07) is 1.99. The molecule has 0 saturated carbocycles. The minimum absolute atomic E-state index is 0.108. The normalized spacial score (nSPS) is 20.8. The number of aromatic nitrogens is 2. The van der Waals surface area contributed by atoms with Crippen LogP contribution in [0.2, 0.25) is 0 Å². The Morgan fingerprint density at radius 3 is 3.00 bits per heavy atom. The molecule has 0 aromatic carbocycles. The molecule has 4 rings (SSSR count). The summed E-state index contributed by atoms with van der Waals surface area (Å²) >= 11 is 1.50. The largest absolute Gasteiger partial charge is 0.381 e. The first-order valence-corrected chi connectivity index (χ1v) is 10.9. The lowest BCUT2D eigenvalue weighted by Crippen LogP contribution is -2.28. The number of hydrogen-bond acceptors (Lipinski definition) is 7. The van der Waals surface area contributed by atoms with Gasteiger partial charge in [0.05, 0.1) is 17.4 Å². The molecule has 152 valence electrons. The van der Waals surface area contributed by atoms with Crippen molar-refractivity contribution in [1.29, 1.82) is 0 Å². The van der Waals surface area contributed by atoms with Crippen molar-refractivity contribution in [3.8, 4) is 0 Å². The van der Waals surface area contributed by atoms with E-state index >= 15 is 0 Å². The maximum Gasteiger partial charge on any atom is 0.264 e. The summed E-state index contributed by atoms with van der Waals surface area (Å²) in [6.07, 6.45) is 3.66. The van der Waals surface area contributed by atoms with Crippen LogP contribution in [0.15, 0.2) is 16.0 Å². The number of nitrogens with zero attached hydrogens (tertiary/aromatic N) is 3. The standard InChI is InChI=1S/C20H27N3O4S/c1-14-6-11-28-18(14)20(24)23-7-2-16(12-23)19-21-17(22-27-19)5-10-26-13-15-3-8-25-9-4-15/h6,11,15-16H,2-5,7-10,12-13H2,1H3. The molecule has 1 atom stereocenters. The Morgan fingerprint density at radius 2 is 2.21 bits per heavy atom. The van der Waals surface area contributed by atoms with Gasteiger partial charge in [0.1, 0.15) is 0 Å². The van der Waals surface area contributed by atoms with Crippen LogP contribution in [0.5, 0.6) is 0 Å². The molecule has 2 fully saturated rings. The Hall–Kier alpha value is -1.77. The van der Waals surface area contributed by atoms with Gasteiger partial charge in [0.2, 0.25) is 5.89 Å². The van der Waals surface area contributed by atoms with E-state index in [1.807, 2.05) is 23.3 Å². The van der Waals surface area contributed by atoms with E-state index in [1.165, 1.54) is 11.3 Å². The SMILES string of the molecule is Cc1ccsc1C(=O)N1CCC(c2nc(CCOCC3CCOCC3)no2)C1. The van der Waals surface area contributed by atoms with Crippen LogP contribution in [0, 0.1) is 12.8 Å². The first kappa shape index (κ1) is 19.5. The van der Waals surface area contributed by atoms with Gasteiger partial charge in [-0.2, -0.15) is 4.98 Å². The molecule has 2 aliphatic heterocycles. The molecule has 2 aromatic rings. The minimum Gasteiger partial charge on any atom is -0.381 e. The molecule has 7 nitrogen and oxygen atoms in total. The van der Waals surface area contributed by atoms with Crippen molar-refractivity contribution < 1.29 is 18.8 Å². The molecule has 0 aliphatic carbocycles. The van der Waals surface area contributed by atoms with Crippen molar-refractivity contribution in [2.45, 2.75) is 38.5 Å². The average Bonchev–Trinajstić information content (AvgIpc) is 3.46. The molecule has 1 unspecified atom stereocenters. The van der Waals surface area contributed by atoms with Crippen molar-refractivity contribution >= 4 is 17.2 Å². The second-order valence-electron chi connectivity index (χ2n) is 7.60. The number of likely N-dealkylation sites (tertiary alicyclic amines) is 1. The smallest absolute Gasteiger partial charge is 0.264 e. The van der Waals surface area contributed by atoms with Crippen molar-refractivity contribution in [1.82, 2.24) is 15.0 Å². The van der Waals surface area contributed by atoms with Gasteiger partial charge in [-0.25, -0.2) is 0 Å². The van der Waals surface area contributed by atoms with Crippen molar-refractivity contribution in [2.24, 2.45) is 5.92 Å². The van der Waals surface area contributed by atoms with Gasteiger partial charge in [0.15, 0.2) is 5.82 Å². The highest BCUT2D eigenvalue weighted by molar-refractivity contribution is 7.12. The molecule has 0 bridgehead atoms. The third-order valence-corrected chi connectivity index (χ3v) is 6.53. The van der Waals surface area contributed by atoms with Crippen LogP contribution < -0.4 is 0 Å². The van der Waals surface area contributed by atoms with Crippen molar-refractivity contribution in [2.75, 3.05) is 39.5 Å². The third kappa shape index (κ3) is 4.61. The Bertz CT molecular complexity index is 784. The second-order valence-corrected chi connectivity index (χ2v) is 8.52. The molecule has 28 heavy (non-hydrogen) atoms. The van der Waals surface area contributed by atoms with E-state index in [1.54, 1.807) is 0 Å². The molecule has 2 saturated heterocycles. The molecule has 4 heterocycles. The quantitative estimate of drug-likeness (QED) is 0.659. The second kappa shape index (κ2) is 9.15. The predicted molar refractivity (Wildman–Crippen MR) is 105 cm³/mol. The Morgan fingerprint density at radius 1 is 1.36 bits per heavy atom. The van der Waals surface area contributed by atoms with Crippen LogP contribution in [-0.4, -0.2) is 60.5 Å². The van der Waals surface area contributed by atoms with Gasteiger partial charge in [-0.15, -0.1) is 11.3 Å². The highest BCUT2D eigenvalue weighted by Crippen LogP contribution is 2.28. The van der Waals surface area contributed by atoms with Gasteiger partial charge >= 0.3 is 0 Å². The number of rotatable bonds is 7. The number of amides is 1. The maximum absolute atomic E-state index is 12.7. The molecule has 2 aromatic heterocycles. The molecule has 2 aliphatic rings. The van der Waals surface area contributed by atoms with Crippen molar-refractivity contribution in [3.63, 3.8) is 0 Å². The summed E-state index contributed by atoms with van der Waals surface area (Å²) in [6.45, 7) is 6.40. The van der Waals surface area contributed by atoms with Crippen LogP contribution in [0.3, 0.4) is 0 Å². The molecule has 0 radical (unpaired) electrons. The number of thiophene rings is 1. The lowest BCUT2D eigenvalue weighted by Gasteiger charge is -2.21. The lowest BCUT2D eigenvalue weighted by atomic mass is 10.0. The number of hydrogen-bond donors (Lipinski definition) is 0.